The van der Waals surface area contributed by atoms with Gasteiger partial charge >= 0.3 is 0 Å². The fraction of sp³-hybridized carbons (Fsp3) is 0.333. The van der Waals surface area contributed by atoms with Crippen molar-refractivity contribution in [3.05, 3.63) is 52.4 Å². The zero-order valence-electron chi connectivity index (χ0n) is 14.2. The van der Waals surface area contributed by atoms with Crippen molar-refractivity contribution in [3.63, 3.8) is 0 Å². The summed E-state index contributed by atoms with van der Waals surface area (Å²) in [5.74, 6) is -1.99. The van der Waals surface area contributed by atoms with Crippen molar-refractivity contribution in [1.82, 2.24) is 10.2 Å². The molecule has 3 rings (SSSR count). The van der Waals surface area contributed by atoms with E-state index in [0.717, 1.165) is 12.1 Å². The smallest absolute Gasteiger partial charge is 0.287 e. The van der Waals surface area contributed by atoms with Gasteiger partial charge in [-0.15, -0.1) is 0 Å². The number of piperidine rings is 1. The summed E-state index contributed by atoms with van der Waals surface area (Å²) in [6.45, 7) is 0.707. The minimum Gasteiger partial charge on any atom is -0.487 e. The molecule has 1 saturated heterocycles. The van der Waals surface area contributed by atoms with Gasteiger partial charge in [0.1, 0.15) is 11.9 Å². The zero-order valence-corrected chi connectivity index (χ0v) is 15.8. The molecule has 2 amide bonds. The maximum Gasteiger partial charge on any atom is 0.287 e. The van der Waals surface area contributed by atoms with Crippen molar-refractivity contribution >= 4 is 27.7 Å². The van der Waals surface area contributed by atoms with Crippen LogP contribution in [0.5, 0.6) is 5.75 Å². The summed E-state index contributed by atoms with van der Waals surface area (Å²) in [7, 11) is 0. The van der Waals surface area contributed by atoms with E-state index in [4.69, 9.17) is 9.15 Å². The SMILES string of the molecule is O=C(NCC(=O)N1CCC(Oc2ccc(F)cc2F)CC1)c1ccc(Br)o1. The monoisotopic (exact) mass is 442 g/mol. The molecule has 2 heterocycles. The number of ether oxygens (including phenoxy) is 1. The van der Waals surface area contributed by atoms with E-state index in [0.29, 0.717) is 30.6 Å². The minimum atomic E-state index is -0.749. The zero-order chi connectivity index (χ0) is 19.4. The van der Waals surface area contributed by atoms with E-state index in [2.05, 4.69) is 21.2 Å². The van der Waals surface area contributed by atoms with Crippen LogP contribution in [0.25, 0.3) is 0 Å². The van der Waals surface area contributed by atoms with Gasteiger partial charge in [-0.2, -0.15) is 0 Å². The second-order valence-electron chi connectivity index (χ2n) is 6.06. The molecule has 0 spiro atoms. The third kappa shape index (κ3) is 5.06. The van der Waals surface area contributed by atoms with E-state index >= 15 is 0 Å². The molecule has 1 aromatic heterocycles. The predicted molar refractivity (Wildman–Crippen MR) is 95.3 cm³/mol. The van der Waals surface area contributed by atoms with Crippen LogP contribution >= 0.6 is 15.9 Å². The summed E-state index contributed by atoms with van der Waals surface area (Å²) < 4.78 is 37.7. The third-order valence-electron chi connectivity index (χ3n) is 4.18. The number of furan rings is 1. The van der Waals surface area contributed by atoms with E-state index in [1.165, 1.54) is 12.1 Å². The Morgan fingerprint density at radius 1 is 1.22 bits per heavy atom. The Morgan fingerprint density at radius 3 is 2.59 bits per heavy atom. The largest absolute Gasteiger partial charge is 0.487 e. The number of amides is 2. The molecule has 2 aromatic rings. The van der Waals surface area contributed by atoms with Gasteiger partial charge in [0.25, 0.3) is 5.91 Å². The molecule has 27 heavy (non-hydrogen) atoms. The number of hydrogen-bond acceptors (Lipinski definition) is 4. The number of nitrogens with zero attached hydrogens (tertiary/aromatic N) is 1. The first-order valence-electron chi connectivity index (χ1n) is 8.35. The standard InChI is InChI=1S/C18H17BrF2N2O4/c19-16-4-3-15(27-16)18(25)22-10-17(24)23-7-5-12(6-8-23)26-14-2-1-11(20)9-13(14)21/h1-4,9,12H,5-8,10H2,(H,22,25). The van der Waals surface area contributed by atoms with Gasteiger partial charge in [0, 0.05) is 32.0 Å². The average molecular weight is 443 g/mol. The van der Waals surface area contributed by atoms with Crippen LogP contribution in [-0.4, -0.2) is 42.5 Å². The molecule has 6 nitrogen and oxygen atoms in total. The first kappa shape index (κ1) is 19.3. The molecule has 9 heteroatoms. The lowest BCUT2D eigenvalue weighted by Crippen LogP contribution is -2.46. The van der Waals surface area contributed by atoms with Crippen molar-refractivity contribution in [2.45, 2.75) is 18.9 Å². The van der Waals surface area contributed by atoms with Crippen LogP contribution in [0.2, 0.25) is 0 Å². The molecular formula is C18H17BrF2N2O4. The summed E-state index contributed by atoms with van der Waals surface area (Å²) in [5.41, 5.74) is 0. The van der Waals surface area contributed by atoms with Crippen molar-refractivity contribution in [1.29, 1.82) is 0 Å². The normalized spacial score (nSPS) is 14.9. The van der Waals surface area contributed by atoms with E-state index in [1.807, 2.05) is 0 Å². The topological polar surface area (TPSA) is 71.8 Å². The molecule has 1 aliphatic rings. The Morgan fingerprint density at radius 2 is 1.96 bits per heavy atom. The van der Waals surface area contributed by atoms with E-state index in [9.17, 15) is 18.4 Å². The molecular weight excluding hydrogens is 426 g/mol. The number of benzene rings is 1. The summed E-state index contributed by atoms with van der Waals surface area (Å²) in [4.78, 5) is 25.7. The Labute approximate surface area is 162 Å². The van der Waals surface area contributed by atoms with Gasteiger partial charge < -0.3 is 19.4 Å². The fourth-order valence-electron chi connectivity index (χ4n) is 2.76. The molecule has 1 aromatic carbocycles. The van der Waals surface area contributed by atoms with Crippen molar-refractivity contribution in [2.24, 2.45) is 0 Å². The van der Waals surface area contributed by atoms with Gasteiger partial charge in [-0.05, 0) is 40.2 Å². The van der Waals surface area contributed by atoms with Crippen LogP contribution in [-0.2, 0) is 4.79 Å². The molecule has 1 N–H and O–H groups in total. The van der Waals surface area contributed by atoms with Gasteiger partial charge in [-0.1, -0.05) is 0 Å². The number of halogens is 3. The molecule has 0 atom stereocenters. The highest BCUT2D eigenvalue weighted by Crippen LogP contribution is 2.23. The maximum absolute atomic E-state index is 13.6. The molecule has 1 fully saturated rings. The molecule has 1 aliphatic heterocycles. The van der Waals surface area contributed by atoms with Gasteiger partial charge in [0.2, 0.25) is 5.91 Å². The number of nitrogens with one attached hydrogen (secondary N) is 1. The maximum atomic E-state index is 13.6. The van der Waals surface area contributed by atoms with Gasteiger partial charge in [-0.3, -0.25) is 9.59 Å². The van der Waals surface area contributed by atoms with Gasteiger partial charge in [-0.25, -0.2) is 8.78 Å². The van der Waals surface area contributed by atoms with E-state index < -0.39 is 17.5 Å². The summed E-state index contributed by atoms with van der Waals surface area (Å²) in [6, 6.07) is 6.25. The number of likely N-dealkylation sites (tertiary alicyclic amines) is 1. The van der Waals surface area contributed by atoms with Crippen LogP contribution in [0.3, 0.4) is 0 Å². The lowest BCUT2D eigenvalue weighted by atomic mass is 10.1. The van der Waals surface area contributed by atoms with Crippen LogP contribution in [0.1, 0.15) is 23.4 Å². The lowest BCUT2D eigenvalue weighted by Gasteiger charge is -2.32. The van der Waals surface area contributed by atoms with Crippen LogP contribution < -0.4 is 10.1 Å². The first-order valence-corrected chi connectivity index (χ1v) is 9.14. The summed E-state index contributed by atoms with van der Waals surface area (Å²) >= 11 is 3.10. The molecule has 0 saturated carbocycles. The Balaban J connectivity index is 1.44. The molecule has 0 bridgehead atoms. The highest BCUT2D eigenvalue weighted by atomic mass is 79.9. The highest BCUT2D eigenvalue weighted by Gasteiger charge is 2.25. The van der Waals surface area contributed by atoms with Gasteiger partial charge in [0.05, 0.1) is 6.54 Å². The van der Waals surface area contributed by atoms with Crippen LogP contribution in [0.4, 0.5) is 8.78 Å². The number of carbonyl (C=O) groups excluding carboxylic acids is 2. The molecule has 0 aliphatic carbocycles. The van der Waals surface area contributed by atoms with Crippen molar-refractivity contribution < 1.29 is 27.5 Å². The van der Waals surface area contributed by atoms with Crippen LogP contribution in [0.15, 0.2) is 39.4 Å². The van der Waals surface area contributed by atoms with Gasteiger partial charge in [0.15, 0.2) is 22.0 Å². The average Bonchev–Trinajstić information content (AvgIpc) is 3.09. The number of rotatable bonds is 5. The Kier molecular flexibility index (Phi) is 6.10. The first-order chi connectivity index (χ1) is 12.9. The second kappa shape index (κ2) is 8.51. The second-order valence-corrected chi connectivity index (χ2v) is 6.84. The highest BCUT2D eigenvalue weighted by molar-refractivity contribution is 9.10. The molecule has 144 valence electrons. The summed E-state index contributed by atoms with van der Waals surface area (Å²) in [5, 5.41) is 2.51. The van der Waals surface area contributed by atoms with Crippen molar-refractivity contribution in [2.75, 3.05) is 19.6 Å². The Hall–Kier alpha value is -2.42. The fourth-order valence-corrected chi connectivity index (χ4v) is 3.07. The van der Waals surface area contributed by atoms with E-state index in [-0.39, 0.29) is 30.1 Å². The minimum absolute atomic E-state index is 0.00181. The van der Waals surface area contributed by atoms with Crippen LogP contribution in [0, 0.1) is 11.6 Å². The van der Waals surface area contributed by atoms with Crippen molar-refractivity contribution in [3.8, 4) is 5.75 Å². The lowest BCUT2D eigenvalue weighted by molar-refractivity contribution is -0.131. The quantitative estimate of drug-likeness (QED) is 0.771. The number of carbonyl (C=O) groups is 2. The molecule has 0 unspecified atom stereocenters. The summed E-state index contributed by atoms with van der Waals surface area (Å²) in [6.07, 6.45) is 0.771. The Bertz CT molecular complexity index is 835. The molecule has 0 radical (unpaired) electrons. The number of hydrogen-bond donors (Lipinski definition) is 1. The predicted octanol–water partition coefficient (Wildman–Crippen LogP) is 3.12. The van der Waals surface area contributed by atoms with E-state index in [1.54, 1.807) is 11.0 Å². The third-order valence-corrected chi connectivity index (χ3v) is 4.61.